The quantitative estimate of drug-likeness (QED) is 0.847. The van der Waals surface area contributed by atoms with Crippen LogP contribution in [-0.4, -0.2) is 27.8 Å². The Morgan fingerprint density at radius 1 is 1.56 bits per heavy atom. The highest BCUT2D eigenvalue weighted by molar-refractivity contribution is 5.92. The summed E-state index contributed by atoms with van der Waals surface area (Å²) in [6.07, 6.45) is 4.29. The van der Waals surface area contributed by atoms with E-state index in [4.69, 9.17) is 5.73 Å². The molecular weight excluding hydrogens is 228 g/mol. The Kier molecular flexibility index (Phi) is 4.01. The molecule has 1 amide bonds. The lowest BCUT2D eigenvalue weighted by atomic mass is 9.91. The zero-order valence-electron chi connectivity index (χ0n) is 11.1. The Hall–Kier alpha value is -1.36. The van der Waals surface area contributed by atoms with Crippen LogP contribution in [0.1, 0.15) is 48.8 Å². The van der Waals surface area contributed by atoms with Gasteiger partial charge in [0.2, 0.25) is 0 Å². The Morgan fingerprint density at radius 3 is 2.94 bits per heavy atom. The van der Waals surface area contributed by atoms with E-state index in [9.17, 15) is 4.79 Å². The molecule has 1 aliphatic carbocycles. The normalized spacial score (nSPS) is 23.9. The van der Waals surface area contributed by atoms with Crippen LogP contribution >= 0.6 is 0 Å². The number of carbonyl (C=O) groups excluding carboxylic acids is 1. The molecule has 1 heterocycles. The number of nitrogens with one attached hydrogen (secondary N) is 1. The topological polar surface area (TPSA) is 72.9 Å². The number of nitrogens with two attached hydrogens (primary N) is 1. The molecule has 2 atom stereocenters. The Balaban J connectivity index is 2.06. The standard InChI is InChI=1S/C13H22N4O/c1-3-17-12(8-9(2)16-17)13(18)15-11-7-5-4-6-10(11)14/h8,10-11H,3-7,14H2,1-2H3,(H,15,18)/t10-,11-/m1/s1. The van der Waals surface area contributed by atoms with Crippen molar-refractivity contribution in [3.63, 3.8) is 0 Å². The number of aryl methyl sites for hydroxylation is 2. The van der Waals surface area contributed by atoms with Gasteiger partial charge in [0, 0.05) is 18.6 Å². The number of amides is 1. The van der Waals surface area contributed by atoms with Gasteiger partial charge in [0.05, 0.1) is 5.69 Å². The number of hydrogen-bond donors (Lipinski definition) is 2. The molecular formula is C13H22N4O. The van der Waals surface area contributed by atoms with Crippen LogP contribution in [0.5, 0.6) is 0 Å². The zero-order chi connectivity index (χ0) is 13.1. The molecule has 0 aromatic carbocycles. The van der Waals surface area contributed by atoms with Gasteiger partial charge in [-0.1, -0.05) is 12.8 Å². The molecule has 1 saturated carbocycles. The molecule has 18 heavy (non-hydrogen) atoms. The first-order valence-electron chi connectivity index (χ1n) is 6.72. The predicted molar refractivity (Wildman–Crippen MR) is 70.3 cm³/mol. The molecule has 1 aliphatic rings. The summed E-state index contributed by atoms with van der Waals surface area (Å²) in [4.78, 5) is 12.2. The summed E-state index contributed by atoms with van der Waals surface area (Å²) in [6, 6.07) is 2.02. The molecule has 1 aromatic heterocycles. The summed E-state index contributed by atoms with van der Waals surface area (Å²) in [5.74, 6) is -0.0557. The first-order valence-corrected chi connectivity index (χ1v) is 6.72. The molecule has 0 aliphatic heterocycles. The summed E-state index contributed by atoms with van der Waals surface area (Å²) in [7, 11) is 0. The van der Waals surface area contributed by atoms with E-state index >= 15 is 0 Å². The lowest BCUT2D eigenvalue weighted by Gasteiger charge is -2.29. The third-order valence-electron chi connectivity index (χ3n) is 3.57. The molecule has 5 nitrogen and oxygen atoms in total. The second-order valence-corrected chi connectivity index (χ2v) is 5.01. The van der Waals surface area contributed by atoms with Crippen LogP contribution in [-0.2, 0) is 6.54 Å². The molecule has 0 unspecified atom stereocenters. The smallest absolute Gasteiger partial charge is 0.269 e. The molecule has 100 valence electrons. The molecule has 0 saturated heterocycles. The minimum Gasteiger partial charge on any atom is -0.346 e. The van der Waals surface area contributed by atoms with Crippen molar-refractivity contribution in [2.75, 3.05) is 0 Å². The maximum Gasteiger partial charge on any atom is 0.269 e. The maximum atomic E-state index is 12.2. The van der Waals surface area contributed by atoms with Crippen molar-refractivity contribution in [3.8, 4) is 0 Å². The molecule has 0 radical (unpaired) electrons. The van der Waals surface area contributed by atoms with E-state index in [1.54, 1.807) is 4.68 Å². The van der Waals surface area contributed by atoms with Crippen LogP contribution in [0.2, 0.25) is 0 Å². The van der Waals surface area contributed by atoms with Crippen molar-refractivity contribution < 1.29 is 4.79 Å². The van der Waals surface area contributed by atoms with Crippen LogP contribution in [0, 0.1) is 6.92 Å². The van der Waals surface area contributed by atoms with Gasteiger partial charge in [-0.3, -0.25) is 9.48 Å². The molecule has 0 spiro atoms. The van der Waals surface area contributed by atoms with Crippen molar-refractivity contribution in [3.05, 3.63) is 17.5 Å². The molecule has 0 bridgehead atoms. The van der Waals surface area contributed by atoms with Gasteiger partial charge in [-0.05, 0) is 32.8 Å². The van der Waals surface area contributed by atoms with Crippen LogP contribution in [0.25, 0.3) is 0 Å². The highest BCUT2D eigenvalue weighted by Gasteiger charge is 2.24. The minimum absolute atomic E-state index is 0.0557. The van der Waals surface area contributed by atoms with Crippen LogP contribution < -0.4 is 11.1 Å². The summed E-state index contributed by atoms with van der Waals surface area (Å²) in [5.41, 5.74) is 7.55. The summed E-state index contributed by atoms with van der Waals surface area (Å²) in [5, 5.41) is 7.34. The van der Waals surface area contributed by atoms with Crippen molar-refractivity contribution >= 4 is 5.91 Å². The third kappa shape index (κ3) is 2.72. The fourth-order valence-electron chi connectivity index (χ4n) is 2.55. The number of rotatable bonds is 3. The Bertz CT molecular complexity index is 427. The fourth-order valence-corrected chi connectivity index (χ4v) is 2.55. The predicted octanol–water partition coefficient (Wildman–Crippen LogP) is 1.21. The highest BCUT2D eigenvalue weighted by Crippen LogP contribution is 2.17. The minimum atomic E-state index is -0.0557. The third-order valence-corrected chi connectivity index (χ3v) is 3.57. The van der Waals surface area contributed by atoms with Gasteiger partial charge in [0.1, 0.15) is 5.69 Å². The number of hydrogen-bond acceptors (Lipinski definition) is 3. The van der Waals surface area contributed by atoms with Gasteiger partial charge < -0.3 is 11.1 Å². The zero-order valence-corrected chi connectivity index (χ0v) is 11.1. The number of carbonyl (C=O) groups is 1. The lowest BCUT2D eigenvalue weighted by molar-refractivity contribution is 0.0910. The fraction of sp³-hybridized carbons (Fsp3) is 0.692. The Morgan fingerprint density at radius 2 is 2.28 bits per heavy atom. The van der Waals surface area contributed by atoms with E-state index in [1.807, 2.05) is 19.9 Å². The number of nitrogens with zero attached hydrogens (tertiary/aromatic N) is 2. The van der Waals surface area contributed by atoms with Gasteiger partial charge in [0.15, 0.2) is 0 Å². The molecule has 1 fully saturated rings. The summed E-state index contributed by atoms with van der Waals surface area (Å²) < 4.78 is 1.74. The van der Waals surface area contributed by atoms with Gasteiger partial charge in [0.25, 0.3) is 5.91 Å². The highest BCUT2D eigenvalue weighted by atomic mass is 16.2. The van der Waals surface area contributed by atoms with Crippen LogP contribution in [0.15, 0.2) is 6.07 Å². The van der Waals surface area contributed by atoms with E-state index in [2.05, 4.69) is 10.4 Å². The van der Waals surface area contributed by atoms with E-state index in [1.165, 1.54) is 6.42 Å². The van der Waals surface area contributed by atoms with Crippen LogP contribution in [0.3, 0.4) is 0 Å². The van der Waals surface area contributed by atoms with Crippen molar-refractivity contribution in [1.82, 2.24) is 15.1 Å². The molecule has 5 heteroatoms. The monoisotopic (exact) mass is 250 g/mol. The first kappa shape index (κ1) is 13.1. The Labute approximate surface area is 108 Å². The largest absolute Gasteiger partial charge is 0.346 e. The number of aromatic nitrogens is 2. The maximum absolute atomic E-state index is 12.2. The van der Waals surface area contributed by atoms with Gasteiger partial charge in [-0.15, -0.1) is 0 Å². The van der Waals surface area contributed by atoms with Crippen molar-refractivity contribution in [2.45, 2.75) is 58.2 Å². The average molecular weight is 250 g/mol. The van der Waals surface area contributed by atoms with Gasteiger partial charge in [-0.2, -0.15) is 5.10 Å². The summed E-state index contributed by atoms with van der Waals surface area (Å²) >= 11 is 0. The molecule has 3 N–H and O–H groups in total. The average Bonchev–Trinajstić information content (AvgIpc) is 2.73. The molecule has 1 aromatic rings. The van der Waals surface area contributed by atoms with Crippen molar-refractivity contribution in [1.29, 1.82) is 0 Å². The van der Waals surface area contributed by atoms with E-state index in [0.29, 0.717) is 12.2 Å². The lowest BCUT2D eigenvalue weighted by Crippen LogP contribution is -2.49. The van der Waals surface area contributed by atoms with Crippen LogP contribution in [0.4, 0.5) is 0 Å². The molecule has 2 rings (SSSR count). The second-order valence-electron chi connectivity index (χ2n) is 5.01. The first-order chi connectivity index (χ1) is 8.61. The van der Waals surface area contributed by atoms with E-state index < -0.39 is 0 Å². The SMILES string of the molecule is CCn1nc(C)cc1C(=O)N[C@@H]1CCCC[C@H]1N. The van der Waals surface area contributed by atoms with E-state index in [0.717, 1.165) is 25.0 Å². The second kappa shape index (κ2) is 5.52. The van der Waals surface area contributed by atoms with E-state index in [-0.39, 0.29) is 18.0 Å². The van der Waals surface area contributed by atoms with Gasteiger partial charge in [-0.25, -0.2) is 0 Å². The summed E-state index contributed by atoms with van der Waals surface area (Å²) in [6.45, 7) is 4.58. The van der Waals surface area contributed by atoms with Crippen molar-refractivity contribution in [2.24, 2.45) is 5.73 Å². The van der Waals surface area contributed by atoms with Gasteiger partial charge >= 0.3 is 0 Å².